The molecule has 6 nitrogen and oxygen atoms in total. The van der Waals surface area contributed by atoms with Gasteiger partial charge in [0.15, 0.2) is 5.82 Å². The predicted octanol–water partition coefficient (Wildman–Crippen LogP) is 2.39. The first kappa shape index (κ1) is 14.7. The molecule has 3 aromatic rings. The van der Waals surface area contributed by atoms with Gasteiger partial charge in [0, 0.05) is 17.8 Å². The number of nitrogens with two attached hydrogens (primary N) is 1. The molecule has 4 rings (SSSR count). The van der Waals surface area contributed by atoms with Gasteiger partial charge < -0.3 is 15.6 Å². The summed E-state index contributed by atoms with van der Waals surface area (Å²) in [6.07, 6.45) is 1.70. The van der Waals surface area contributed by atoms with E-state index in [1.807, 2.05) is 48.2 Å². The second-order valence-electron chi connectivity index (χ2n) is 6.21. The van der Waals surface area contributed by atoms with Crippen LogP contribution in [-0.2, 0) is 4.79 Å². The minimum atomic E-state index is -0.304. The highest BCUT2D eigenvalue weighted by Crippen LogP contribution is 2.32. The molecule has 1 aliphatic heterocycles. The maximum atomic E-state index is 11.8. The molecule has 6 heteroatoms. The highest BCUT2D eigenvalue weighted by Gasteiger charge is 2.31. The van der Waals surface area contributed by atoms with Gasteiger partial charge in [0.1, 0.15) is 17.5 Å². The quantitative estimate of drug-likeness (QED) is 0.775. The molecule has 1 unspecified atom stereocenters. The summed E-state index contributed by atoms with van der Waals surface area (Å²) in [5.41, 5.74) is 8.34. The second kappa shape index (κ2) is 5.63. The average Bonchev–Trinajstić information content (AvgIpc) is 3.20. The van der Waals surface area contributed by atoms with Crippen LogP contribution in [0.25, 0.3) is 22.4 Å². The largest absolute Gasteiger partial charge is 0.368 e. The fraction of sp³-hybridized carbons (Fsp3) is 0.278. The summed E-state index contributed by atoms with van der Waals surface area (Å²) in [6.45, 7) is 2.77. The van der Waals surface area contributed by atoms with E-state index in [0.717, 1.165) is 47.5 Å². The Labute approximate surface area is 139 Å². The first-order valence-electron chi connectivity index (χ1n) is 8.12. The number of benzene rings is 1. The molecule has 1 saturated heterocycles. The summed E-state index contributed by atoms with van der Waals surface area (Å²) in [4.78, 5) is 26.6. The van der Waals surface area contributed by atoms with Crippen LogP contribution in [0.5, 0.6) is 0 Å². The van der Waals surface area contributed by atoms with E-state index in [-0.39, 0.29) is 11.9 Å². The number of hydrogen-bond acceptors (Lipinski definition) is 4. The third kappa shape index (κ3) is 2.40. The van der Waals surface area contributed by atoms with Crippen molar-refractivity contribution in [3.8, 4) is 11.4 Å². The van der Waals surface area contributed by atoms with E-state index in [2.05, 4.69) is 9.97 Å². The number of hydrogen-bond donors (Lipinski definition) is 2. The summed E-state index contributed by atoms with van der Waals surface area (Å²) >= 11 is 0. The number of anilines is 1. The Morgan fingerprint density at radius 3 is 2.83 bits per heavy atom. The summed E-state index contributed by atoms with van der Waals surface area (Å²) in [6, 6.07) is 11.6. The highest BCUT2D eigenvalue weighted by molar-refractivity contribution is 5.93. The maximum absolute atomic E-state index is 11.8. The van der Waals surface area contributed by atoms with Crippen LogP contribution in [0.2, 0.25) is 0 Å². The van der Waals surface area contributed by atoms with Crippen LogP contribution >= 0.6 is 0 Å². The molecule has 0 aliphatic carbocycles. The van der Waals surface area contributed by atoms with E-state index in [1.165, 1.54) is 0 Å². The van der Waals surface area contributed by atoms with Crippen LogP contribution in [-0.4, -0.2) is 33.4 Å². The molecule has 0 bridgehead atoms. The average molecular weight is 321 g/mol. The maximum Gasteiger partial charge on any atom is 0.240 e. The van der Waals surface area contributed by atoms with Crippen LogP contribution in [0.4, 0.5) is 5.82 Å². The number of nitrogens with zero attached hydrogens (tertiary/aromatic N) is 3. The number of primary amides is 1. The number of aromatic nitrogens is 3. The molecule has 1 aromatic carbocycles. The molecule has 24 heavy (non-hydrogen) atoms. The fourth-order valence-corrected chi connectivity index (χ4v) is 3.38. The van der Waals surface area contributed by atoms with Crippen molar-refractivity contribution in [3.63, 3.8) is 0 Å². The molecule has 1 amide bonds. The number of H-pyrrole nitrogens is 1. The third-order valence-corrected chi connectivity index (χ3v) is 4.49. The Bertz CT molecular complexity index is 902. The van der Waals surface area contributed by atoms with Crippen molar-refractivity contribution in [1.82, 2.24) is 15.0 Å². The van der Waals surface area contributed by atoms with Crippen molar-refractivity contribution in [3.05, 3.63) is 42.1 Å². The lowest BCUT2D eigenvalue weighted by Gasteiger charge is -2.24. The number of aromatic amines is 1. The van der Waals surface area contributed by atoms with Gasteiger partial charge in [-0.25, -0.2) is 9.97 Å². The van der Waals surface area contributed by atoms with E-state index in [1.54, 1.807) is 0 Å². The minimum Gasteiger partial charge on any atom is -0.368 e. The Morgan fingerprint density at radius 2 is 2.08 bits per heavy atom. The zero-order valence-corrected chi connectivity index (χ0v) is 13.5. The molecule has 3 heterocycles. The van der Waals surface area contributed by atoms with Crippen LogP contribution in [0.1, 0.15) is 18.5 Å². The Morgan fingerprint density at radius 1 is 1.29 bits per heavy atom. The molecule has 122 valence electrons. The molecule has 0 spiro atoms. The minimum absolute atomic E-state index is 0.298. The Kier molecular flexibility index (Phi) is 3.45. The van der Waals surface area contributed by atoms with E-state index < -0.39 is 0 Å². The van der Waals surface area contributed by atoms with Crippen molar-refractivity contribution in [2.75, 3.05) is 11.4 Å². The lowest BCUT2D eigenvalue weighted by atomic mass is 10.2. The Balaban J connectivity index is 1.91. The van der Waals surface area contributed by atoms with Gasteiger partial charge in [-0.3, -0.25) is 4.79 Å². The van der Waals surface area contributed by atoms with E-state index in [0.29, 0.717) is 5.82 Å². The van der Waals surface area contributed by atoms with Crippen molar-refractivity contribution in [2.24, 2.45) is 5.73 Å². The summed E-state index contributed by atoms with van der Waals surface area (Å²) in [7, 11) is 0. The molecular weight excluding hydrogens is 302 g/mol. The van der Waals surface area contributed by atoms with Gasteiger partial charge >= 0.3 is 0 Å². The van der Waals surface area contributed by atoms with Gasteiger partial charge in [-0.05, 0) is 25.8 Å². The second-order valence-corrected chi connectivity index (χ2v) is 6.21. The number of rotatable bonds is 3. The molecule has 3 N–H and O–H groups in total. The standard InChI is InChI=1S/C18H19N5O/c1-11-10-13-17(20-11)21-16(12-6-3-2-4-7-12)22-18(13)23-9-5-8-14(23)15(19)24/h2-4,6-7,10,14H,5,8-9H2,1H3,(H2,19,24)(H,20,21,22). The first-order chi connectivity index (χ1) is 11.6. The number of nitrogens with one attached hydrogen (secondary N) is 1. The fourth-order valence-electron chi connectivity index (χ4n) is 3.38. The summed E-state index contributed by atoms with van der Waals surface area (Å²) in [5.74, 6) is 1.13. The zero-order chi connectivity index (χ0) is 16.7. The number of amides is 1. The number of aryl methyl sites for hydroxylation is 1. The van der Waals surface area contributed by atoms with Crippen LogP contribution in [0, 0.1) is 6.92 Å². The first-order valence-corrected chi connectivity index (χ1v) is 8.12. The topological polar surface area (TPSA) is 87.9 Å². The number of carbonyl (C=O) groups is 1. The number of carbonyl (C=O) groups excluding carboxylic acids is 1. The predicted molar refractivity (Wildman–Crippen MR) is 93.6 cm³/mol. The van der Waals surface area contributed by atoms with Gasteiger partial charge in [-0.1, -0.05) is 30.3 Å². The molecule has 1 fully saturated rings. The highest BCUT2D eigenvalue weighted by atomic mass is 16.1. The molecule has 2 aromatic heterocycles. The molecule has 0 saturated carbocycles. The van der Waals surface area contributed by atoms with Crippen molar-refractivity contribution >= 4 is 22.8 Å². The van der Waals surface area contributed by atoms with Crippen LogP contribution in [0.3, 0.4) is 0 Å². The smallest absolute Gasteiger partial charge is 0.240 e. The van der Waals surface area contributed by atoms with Crippen molar-refractivity contribution in [1.29, 1.82) is 0 Å². The molecular formula is C18H19N5O. The number of fused-ring (bicyclic) bond motifs is 1. The van der Waals surface area contributed by atoms with Gasteiger partial charge in [0.25, 0.3) is 0 Å². The van der Waals surface area contributed by atoms with Gasteiger partial charge in [-0.2, -0.15) is 0 Å². The normalized spacial score (nSPS) is 17.5. The van der Waals surface area contributed by atoms with Crippen molar-refractivity contribution < 1.29 is 4.79 Å². The van der Waals surface area contributed by atoms with Gasteiger partial charge in [0.05, 0.1) is 5.39 Å². The third-order valence-electron chi connectivity index (χ3n) is 4.49. The van der Waals surface area contributed by atoms with Crippen LogP contribution < -0.4 is 10.6 Å². The summed E-state index contributed by atoms with van der Waals surface area (Å²) < 4.78 is 0. The zero-order valence-electron chi connectivity index (χ0n) is 13.5. The van der Waals surface area contributed by atoms with E-state index in [9.17, 15) is 4.79 Å². The summed E-state index contributed by atoms with van der Waals surface area (Å²) in [5, 5.41) is 0.931. The van der Waals surface area contributed by atoms with E-state index in [4.69, 9.17) is 10.7 Å². The lowest BCUT2D eigenvalue weighted by molar-refractivity contribution is -0.119. The van der Waals surface area contributed by atoms with Gasteiger partial charge in [0.2, 0.25) is 5.91 Å². The molecule has 1 atom stereocenters. The van der Waals surface area contributed by atoms with Crippen LogP contribution in [0.15, 0.2) is 36.4 Å². The monoisotopic (exact) mass is 321 g/mol. The molecule has 1 aliphatic rings. The Hall–Kier alpha value is -2.89. The molecule has 0 radical (unpaired) electrons. The SMILES string of the molecule is Cc1cc2c(N3CCCC3C(N)=O)nc(-c3ccccc3)nc2[nH]1. The van der Waals surface area contributed by atoms with Gasteiger partial charge in [-0.15, -0.1) is 0 Å². The van der Waals surface area contributed by atoms with Crippen molar-refractivity contribution in [2.45, 2.75) is 25.8 Å². The van der Waals surface area contributed by atoms with E-state index >= 15 is 0 Å². The lowest BCUT2D eigenvalue weighted by Crippen LogP contribution is -2.40.